The van der Waals surface area contributed by atoms with Gasteiger partial charge >= 0.3 is 0 Å². The van der Waals surface area contributed by atoms with E-state index in [1.807, 2.05) is 19.1 Å². The number of aromatic nitrogens is 1. The van der Waals surface area contributed by atoms with Crippen LogP contribution in [-0.4, -0.2) is 18.1 Å². The molecule has 0 aliphatic carbocycles. The molecule has 1 aromatic heterocycles. The summed E-state index contributed by atoms with van der Waals surface area (Å²) < 4.78 is 5.57. The van der Waals surface area contributed by atoms with E-state index in [1.54, 1.807) is 0 Å². The first-order valence-electron chi connectivity index (χ1n) is 7.08. The minimum absolute atomic E-state index is 0.684. The molecule has 0 bridgehead atoms. The molecule has 2 aromatic rings. The van der Waals surface area contributed by atoms with Crippen LogP contribution in [0.3, 0.4) is 0 Å². The van der Waals surface area contributed by atoms with Gasteiger partial charge in [-0.1, -0.05) is 13.8 Å². The zero-order valence-electron chi connectivity index (χ0n) is 12.0. The number of hydrogen-bond donors (Lipinski definition) is 1. The van der Waals surface area contributed by atoms with Crippen molar-refractivity contribution in [3.63, 3.8) is 0 Å². The summed E-state index contributed by atoms with van der Waals surface area (Å²) >= 11 is 0. The Hall–Kier alpha value is -1.77. The van der Waals surface area contributed by atoms with E-state index in [9.17, 15) is 0 Å². The second-order valence-corrected chi connectivity index (χ2v) is 4.55. The highest BCUT2D eigenvalue weighted by Crippen LogP contribution is 2.27. The van der Waals surface area contributed by atoms with Gasteiger partial charge in [0.1, 0.15) is 5.75 Å². The van der Waals surface area contributed by atoms with Crippen LogP contribution >= 0.6 is 0 Å². The Morgan fingerprint density at radius 2 is 2.00 bits per heavy atom. The maximum atomic E-state index is 5.57. The van der Waals surface area contributed by atoms with E-state index in [1.165, 1.54) is 0 Å². The highest BCUT2D eigenvalue weighted by Gasteiger charge is 2.06. The SMILES string of the molecule is CCCNc1cc(CC)nc2ccc(OCC)cc12. The molecule has 0 spiro atoms. The second-order valence-electron chi connectivity index (χ2n) is 4.55. The molecule has 2 rings (SSSR count). The fraction of sp³-hybridized carbons (Fsp3) is 0.438. The summed E-state index contributed by atoms with van der Waals surface area (Å²) in [7, 11) is 0. The number of nitrogens with zero attached hydrogens (tertiary/aromatic N) is 1. The average Bonchev–Trinajstić information content (AvgIpc) is 2.45. The van der Waals surface area contributed by atoms with Crippen LogP contribution in [0, 0.1) is 0 Å². The summed E-state index contributed by atoms with van der Waals surface area (Å²) in [5.41, 5.74) is 3.31. The minimum atomic E-state index is 0.684. The van der Waals surface area contributed by atoms with Crippen LogP contribution in [0.25, 0.3) is 10.9 Å². The fourth-order valence-electron chi connectivity index (χ4n) is 2.10. The van der Waals surface area contributed by atoms with E-state index in [-0.39, 0.29) is 0 Å². The van der Waals surface area contributed by atoms with Crippen LogP contribution in [-0.2, 0) is 6.42 Å². The first-order valence-corrected chi connectivity index (χ1v) is 7.08. The van der Waals surface area contributed by atoms with Crippen molar-refractivity contribution in [2.75, 3.05) is 18.5 Å². The molecule has 1 heterocycles. The topological polar surface area (TPSA) is 34.2 Å². The van der Waals surface area contributed by atoms with Gasteiger partial charge in [0.15, 0.2) is 0 Å². The molecule has 0 amide bonds. The highest BCUT2D eigenvalue weighted by molar-refractivity contribution is 5.92. The van der Waals surface area contributed by atoms with Gasteiger partial charge < -0.3 is 10.1 Å². The lowest BCUT2D eigenvalue weighted by Crippen LogP contribution is -2.02. The van der Waals surface area contributed by atoms with Crippen molar-refractivity contribution in [2.45, 2.75) is 33.6 Å². The number of pyridine rings is 1. The van der Waals surface area contributed by atoms with Gasteiger partial charge in [-0.05, 0) is 44.0 Å². The lowest BCUT2D eigenvalue weighted by atomic mass is 10.1. The minimum Gasteiger partial charge on any atom is -0.494 e. The Balaban J connectivity index is 2.49. The third-order valence-corrected chi connectivity index (χ3v) is 3.07. The number of ether oxygens (including phenoxy) is 1. The van der Waals surface area contributed by atoms with Crippen molar-refractivity contribution in [3.8, 4) is 5.75 Å². The Morgan fingerprint density at radius 3 is 2.68 bits per heavy atom. The largest absolute Gasteiger partial charge is 0.494 e. The number of nitrogens with one attached hydrogen (secondary N) is 1. The maximum absolute atomic E-state index is 5.57. The van der Waals surface area contributed by atoms with Crippen molar-refractivity contribution in [1.29, 1.82) is 0 Å². The number of rotatable bonds is 6. The standard InChI is InChI=1S/C16H22N2O/c1-4-9-17-16-10-12(5-2)18-15-8-7-13(19-6-3)11-14(15)16/h7-8,10-11H,4-6,9H2,1-3H3,(H,17,18). The molecule has 0 saturated carbocycles. The molecular weight excluding hydrogens is 236 g/mol. The van der Waals surface area contributed by atoms with E-state index in [4.69, 9.17) is 4.74 Å². The zero-order chi connectivity index (χ0) is 13.7. The fourth-order valence-corrected chi connectivity index (χ4v) is 2.10. The lowest BCUT2D eigenvalue weighted by Gasteiger charge is -2.12. The summed E-state index contributed by atoms with van der Waals surface area (Å²) in [5.74, 6) is 0.903. The van der Waals surface area contributed by atoms with Crippen LogP contribution in [0.1, 0.15) is 32.9 Å². The second kappa shape index (κ2) is 6.41. The Bertz CT molecular complexity index is 552. The molecule has 0 aliphatic heterocycles. The van der Waals surface area contributed by atoms with Gasteiger partial charge in [0.2, 0.25) is 0 Å². The zero-order valence-corrected chi connectivity index (χ0v) is 12.0. The summed E-state index contributed by atoms with van der Waals surface area (Å²) in [6.07, 6.45) is 2.06. The third-order valence-electron chi connectivity index (χ3n) is 3.07. The molecule has 0 fully saturated rings. The molecule has 0 aliphatic rings. The van der Waals surface area contributed by atoms with E-state index >= 15 is 0 Å². The van der Waals surface area contributed by atoms with E-state index in [0.717, 1.165) is 47.4 Å². The molecule has 0 atom stereocenters. The van der Waals surface area contributed by atoms with Crippen molar-refractivity contribution in [1.82, 2.24) is 4.98 Å². The molecule has 0 radical (unpaired) electrons. The van der Waals surface area contributed by atoms with E-state index < -0.39 is 0 Å². The summed E-state index contributed by atoms with van der Waals surface area (Å²) in [6, 6.07) is 8.25. The van der Waals surface area contributed by atoms with Gasteiger partial charge in [-0.3, -0.25) is 4.98 Å². The van der Waals surface area contributed by atoms with Crippen LogP contribution in [0.5, 0.6) is 5.75 Å². The molecule has 1 aromatic carbocycles. The van der Waals surface area contributed by atoms with Gasteiger partial charge in [-0.2, -0.15) is 0 Å². The molecule has 0 unspecified atom stereocenters. The quantitative estimate of drug-likeness (QED) is 0.849. The predicted molar refractivity (Wildman–Crippen MR) is 81.1 cm³/mol. The molecule has 19 heavy (non-hydrogen) atoms. The van der Waals surface area contributed by atoms with E-state index in [0.29, 0.717) is 6.61 Å². The summed E-state index contributed by atoms with van der Waals surface area (Å²) in [5, 5.41) is 4.62. The van der Waals surface area contributed by atoms with Crippen LogP contribution in [0.15, 0.2) is 24.3 Å². The summed E-state index contributed by atoms with van der Waals surface area (Å²) in [4.78, 5) is 4.67. The van der Waals surface area contributed by atoms with Gasteiger partial charge in [0.05, 0.1) is 12.1 Å². The van der Waals surface area contributed by atoms with Gasteiger partial charge in [0.25, 0.3) is 0 Å². The molecule has 1 N–H and O–H groups in total. The molecular formula is C16H22N2O. The Labute approximate surface area is 115 Å². The first kappa shape index (κ1) is 13.7. The van der Waals surface area contributed by atoms with Crippen molar-refractivity contribution in [3.05, 3.63) is 30.0 Å². The Kier molecular flexibility index (Phi) is 4.61. The molecule has 3 heteroatoms. The smallest absolute Gasteiger partial charge is 0.120 e. The number of hydrogen-bond acceptors (Lipinski definition) is 3. The van der Waals surface area contributed by atoms with Crippen LogP contribution in [0.2, 0.25) is 0 Å². The number of fused-ring (bicyclic) bond motifs is 1. The number of benzene rings is 1. The highest BCUT2D eigenvalue weighted by atomic mass is 16.5. The maximum Gasteiger partial charge on any atom is 0.120 e. The third kappa shape index (κ3) is 3.16. The van der Waals surface area contributed by atoms with Crippen LogP contribution < -0.4 is 10.1 Å². The van der Waals surface area contributed by atoms with Gasteiger partial charge in [0, 0.05) is 23.3 Å². The first-order chi connectivity index (χ1) is 9.28. The van der Waals surface area contributed by atoms with Crippen molar-refractivity contribution < 1.29 is 4.74 Å². The summed E-state index contributed by atoms with van der Waals surface area (Å²) in [6.45, 7) is 7.96. The molecule has 0 saturated heterocycles. The normalized spacial score (nSPS) is 10.7. The number of anilines is 1. The predicted octanol–water partition coefficient (Wildman–Crippen LogP) is 4.02. The van der Waals surface area contributed by atoms with Crippen molar-refractivity contribution in [2.24, 2.45) is 0 Å². The lowest BCUT2D eigenvalue weighted by molar-refractivity contribution is 0.340. The van der Waals surface area contributed by atoms with Crippen molar-refractivity contribution >= 4 is 16.6 Å². The van der Waals surface area contributed by atoms with Gasteiger partial charge in [-0.15, -0.1) is 0 Å². The monoisotopic (exact) mass is 258 g/mol. The Morgan fingerprint density at radius 1 is 1.16 bits per heavy atom. The number of aryl methyl sites for hydroxylation is 1. The molecule has 3 nitrogen and oxygen atoms in total. The van der Waals surface area contributed by atoms with Gasteiger partial charge in [-0.25, -0.2) is 0 Å². The average molecular weight is 258 g/mol. The van der Waals surface area contributed by atoms with Crippen LogP contribution in [0.4, 0.5) is 5.69 Å². The van der Waals surface area contributed by atoms with E-state index in [2.05, 4.69) is 36.3 Å². The molecule has 102 valence electrons.